The van der Waals surface area contributed by atoms with Crippen molar-refractivity contribution >= 4 is 23.4 Å². The molecule has 0 bridgehead atoms. The van der Waals surface area contributed by atoms with Gasteiger partial charge in [0.15, 0.2) is 0 Å². The van der Waals surface area contributed by atoms with Crippen LogP contribution in [-0.2, 0) is 9.59 Å². The average Bonchev–Trinajstić information content (AvgIpc) is 2.47. The van der Waals surface area contributed by atoms with Crippen LogP contribution in [0.2, 0.25) is 0 Å². The van der Waals surface area contributed by atoms with Crippen LogP contribution in [0.25, 0.3) is 0 Å². The van der Waals surface area contributed by atoms with Gasteiger partial charge in [-0.1, -0.05) is 13.3 Å². The zero-order valence-corrected chi connectivity index (χ0v) is 12.6. The summed E-state index contributed by atoms with van der Waals surface area (Å²) in [5, 5.41) is 11.1. The summed E-state index contributed by atoms with van der Waals surface area (Å²) >= 11 is 0. The molecule has 1 aromatic heterocycles. The van der Waals surface area contributed by atoms with Crippen LogP contribution in [0.4, 0.5) is 11.5 Å². The minimum Gasteiger partial charge on any atom is -0.481 e. The van der Waals surface area contributed by atoms with Crippen molar-refractivity contribution in [3.63, 3.8) is 0 Å². The highest BCUT2D eigenvalue weighted by Gasteiger charge is 2.08. The number of pyridine rings is 1. The third kappa shape index (κ3) is 6.25. The molecule has 0 unspecified atom stereocenters. The number of nitrogens with zero attached hydrogens (tertiary/aromatic N) is 2. The molecule has 0 aliphatic carbocycles. The lowest BCUT2D eigenvalue weighted by molar-refractivity contribution is -0.138. The third-order valence-electron chi connectivity index (χ3n) is 3.11. The van der Waals surface area contributed by atoms with Crippen molar-refractivity contribution in [1.82, 2.24) is 4.98 Å². The van der Waals surface area contributed by atoms with Gasteiger partial charge in [-0.05, 0) is 25.5 Å². The summed E-state index contributed by atoms with van der Waals surface area (Å²) in [5.74, 6) is -0.875. The molecule has 0 saturated carbocycles. The van der Waals surface area contributed by atoms with Crippen LogP contribution in [0.15, 0.2) is 18.3 Å². The van der Waals surface area contributed by atoms with Gasteiger partial charge < -0.3 is 15.3 Å². The van der Waals surface area contributed by atoms with Crippen LogP contribution in [0.1, 0.15) is 39.5 Å². The number of carbonyl (C=O) groups excluding carboxylic acids is 1. The van der Waals surface area contributed by atoms with Crippen LogP contribution in [-0.4, -0.2) is 35.1 Å². The number of aliphatic carboxylic acids is 1. The maximum Gasteiger partial charge on any atom is 0.303 e. The Kier molecular flexibility index (Phi) is 7.21. The molecule has 0 fully saturated rings. The number of unbranched alkanes of at least 4 members (excludes halogenated alkanes) is 1. The van der Waals surface area contributed by atoms with E-state index in [0.717, 1.165) is 31.6 Å². The Bertz CT molecular complexity index is 460. The molecule has 2 N–H and O–H groups in total. The Morgan fingerprint density at radius 1 is 1.29 bits per heavy atom. The first-order valence-corrected chi connectivity index (χ1v) is 7.29. The van der Waals surface area contributed by atoms with Gasteiger partial charge in [-0.25, -0.2) is 4.98 Å². The number of anilines is 2. The van der Waals surface area contributed by atoms with E-state index in [1.165, 1.54) is 0 Å². The van der Waals surface area contributed by atoms with Gasteiger partial charge in [0, 0.05) is 19.5 Å². The van der Waals surface area contributed by atoms with Crippen molar-refractivity contribution in [2.24, 2.45) is 0 Å². The summed E-state index contributed by atoms with van der Waals surface area (Å²) in [6, 6.07) is 3.65. The molecule has 0 aromatic carbocycles. The summed E-state index contributed by atoms with van der Waals surface area (Å²) in [4.78, 5) is 28.3. The van der Waals surface area contributed by atoms with Crippen LogP contribution in [0.5, 0.6) is 0 Å². The molecule has 1 heterocycles. The number of hydrogen-bond acceptors (Lipinski definition) is 4. The second kappa shape index (κ2) is 8.94. The highest BCUT2D eigenvalue weighted by atomic mass is 16.4. The molecule has 6 heteroatoms. The SMILES string of the molecule is CCCCN(CC)c1ccc(NC(=O)CCC(=O)O)nc1. The van der Waals surface area contributed by atoms with E-state index in [4.69, 9.17) is 5.11 Å². The first-order valence-electron chi connectivity index (χ1n) is 7.29. The lowest BCUT2D eigenvalue weighted by Crippen LogP contribution is -2.24. The number of amides is 1. The summed E-state index contributed by atoms with van der Waals surface area (Å²) in [6.45, 7) is 6.14. The van der Waals surface area contributed by atoms with Gasteiger partial charge in [-0.3, -0.25) is 9.59 Å². The van der Waals surface area contributed by atoms with E-state index in [-0.39, 0.29) is 18.7 Å². The fourth-order valence-corrected chi connectivity index (χ4v) is 1.89. The van der Waals surface area contributed by atoms with E-state index >= 15 is 0 Å². The molecule has 1 amide bonds. The number of carboxylic acids is 1. The third-order valence-corrected chi connectivity index (χ3v) is 3.11. The molecule has 1 rings (SSSR count). The second-order valence-electron chi connectivity index (χ2n) is 4.78. The Hall–Kier alpha value is -2.11. The fourth-order valence-electron chi connectivity index (χ4n) is 1.89. The predicted molar refractivity (Wildman–Crippen MR) is 82.5 cm³/mol. The largest absolute Gasteiger partial charge is 0.481 e. The Morgan fingerprint density at radius 3 is 2.57 bits per heavy atom. The zero-order valence-electron chi connectivity index (χ0n) is 12.6. The molecular formula is C15H23N3O3. The average molecular weight is 293 g/mol. The van der Waals surface area contributed by atoms with E-state index in [2.05, 4.69) is 29.0 Å². The van der Waals surface area contributed by atoms with E-state index in [0.29, 0.717) is 5.82 Å². The Balaban J connectivity index is 2.56. The number of carbonyl (C=O) groups is 2. The molecule has 116 valence electrons. The van der Waals surface area contributed by atoms with Gasteiger partial charge in [0.2, 0.25) is 5.91 Å². The van der Waals surface area contributed by atoms with Crippen molar-refractivity contribution in [1.29, 1.82) is 0 Å². The smallest absolute Gasteiger partial charge is 0.303 e. The number of aromatic nitrogens is 1. The van der Waals surface area contributed by atoms with Gasteiger partial charge in [0.25, 0.3) is 0 Å². The summed E-state index contributed by atoms with van der Waals surface area (Å²) in [5.41, 5.74) is 1.02. The molecule has 21 heavy (non-hydrogen) atoms. The Morgan fingerprint density at radius 2 is 2.05 bits per heavy atom. The Labute approximate surface area is 125 Å². The first-order chi connectivity index (χ1) is 10.1. The zero-order chi connectivity index (χ0) is 15.7. The molecule has 0 spiro atoms. The summed E-state index contributed by atoms with van der Waals surface area (Å²) in [6.07, 6.45) is 3.77. The van der Waals surface area contributed by atoms with Crippen molar-refractivity contribution < 1.29 is 14.7 Å². The second-order valence-corrected chi connectivity index (χ2v) is 4.78. The van der Waals surface area contributed by atoms with Crippen LogP contribution >= 0.6 is 0 Å². The number of carboxylic acid groups (broad SMARTS) is 1. The number of rotatable bonds is 9. The molecular weight excluding hydrogens is 270 g/mol. The number of hydrogen-bond donors (Lipinski definition) is 2. The molecule has 0 aliphatic heterocycles. The van der Waals surface area contributed by atoms with Gasteiger partial charge >= 0.3 is 5.97 Å². The molecule has 0 atom stereocenters. The standard InChI is InChI=1S/C15H23N3O3/c1-3-5-10-18(4-2)12-6-7-13(16-11-12)17-14(19)8-9-15(20)21/h6-7,11H,3-5,8-10H2,1-2H3,(H,20,21)(H,16,17,19). The molecule has 0 aliphatic rings. The van der Waals surface area contributed by atoms with Crippen molar-refractivity contribution in [2.75, 3.05) is 23.3 Å². The van der Waals surface area contributed by atoms with E-state index < -0.39 is 5.97 Å². The predicted octanol–water partition coefficient (Wildman–Crippen LogP) is 2.51. The first kappa shape index (κ1) is 16.9. The van der Waals surface area contributed by atoms with Gasteiger partial charge in [0.1, 0.15) is 5.82 Å². The van der Waals surface area contributed by atoms with Crippen molar-refractivity contribution in [3.05, 3.63) is 18.3 Å². The van der Waals surface area contributed by atoms with Crippen LogP contribution in [0, 0.1) is 0 Å². The molecule has 6 nitrogen and oxygen atoms in total. The summed E-state index contributed by atoms with van der Waals surface area (Å²) in [7, 11) is 0. The van der Waals surface area contributed by atoms with E-state index in [1.807, 2.05) is 6.07 Å². The lowest BCUT2D eigenvalue weighted by atomic mass is 10.2. The number of nitrogens with one attached hydrogen (secondary N) is 1. The highest BCUT2D eigenvalue weighted by molar-refractivity contribution is 5.91. The van der Waals surface area contributed by atoms with Crippen LogP contribution < -0.4 is 10.2 Å². The quantitative estimate of drug-likeness (QED) is 0.731. The van der Waals surface area contributed by atoms with Crippen LogP contribution in [0.3, 0.4) is 0 Å². The topological polar surface area (TPSA) is 82.5 Å². The van der Waals surface area contributed by atoms with E-state index in [1.54, 1.807) is 12.3 Å². The lowest BCUT2D eigenvalue weighted by Gasteiger charge is -2.22. The van der Waals surface area contributed by atoms with Crippen molar-refractivity contribution in [3.8, 4) is 0 Å². The minimum atomic E-state index is -0.983. The molecule has 0 radical (unpaired) electrons. The monoisotopic (exact) mass is 293 g/mol. The van der Waals surface area contributed by atoms with Crippen molar-refractivity contribution in [2.45, 2.75) is 39.5 Å². The molecule has 0 saturated heterocycles. The maximum atomic E-state index is 11.5. The fraction of sp³-hybridized carbons (Fsp3) is 0.533. The van der Waals surface area contributed by atoms with E-state index in [9.17, 15) is 9.59 Å². The van der Waals surface area contributed by atoms with Gasteiger partial charge in [-0.15, -0.1) is 0 Å². The van der Waals surface area contributed by atoms with Gasteiger partial charge in [0.05, 0.1) is 18.3 Å². The normalized spacial score (nSPS) is 10.2. The molecule has 1 aromatic rings. The minimum absolute atomic E-state index is 0.0453. The summed E-state index contributed by atoms with van der Waals surface area (Å²) < 4.78 is 0. The maximum absolute atomic E-state index is 11.5. The van der Waals surface area contributed by atoms with Gasteiger partial charge in [-0.2, -0.15) is 0 Å². The highest BCUT2D eigenvalue weighted by Crippen LogP contribution is 2.16.